The van der Waals surface area contributed by atoms with E-state index in [1.165, 1.54) is 7.11 Å². The van der Waals surface area contributed by atoms with E-state index in [4.69, 9.17) is 5.53 Å². The fourth-order valence-electron chi connectivity index (χ4n) is 1.74. The number of benzene rings is 1. The summed E-state index contributed by atoms with van der Waals surface area (Å²) in [5.41, 5.74) is 10.2. The summed E-state index contributed by atoms with van der Waals surface area (Å²) in [6.45, 7) is 0.362. The lowest BCUT2D eigenvalue weighted by atomic mass is 10.1. The number of hydrogen-bond acceptors (Lipinski definition) is 3. The molecule has 1 N–H and O–H groups in total. The number of nitrogens with zero attached hydrogens (tertiary/aromatic N) is 3. The lowest BCUT2D eigenvalue weighted by molar-refractivity contribution is 0.0595. The van der Waals surface area contributed by atoms with Crippen molar-refractivity contribution in [3.05, 3.63) is 46.0 Å². The number of H-pyrrole nitrogens is 1. The predicted molar refractivity (Wildman–Crippen MR) is 75.1 cm³/mol. The average molecular weight is 268 g/mol. The highest BCUT2D eigenvalue weighted by molar-refractivity contribution is 5.95. The van der Waals surface area contributed by atoms with Gasteiger partial charge < -0.3 is 9.72 Å². The maximum Gasteiger partial charge on any atom is 0.354 e. The van der Waals surface area contributed by atoms with Crippen LogP contribution in [0.5, 0.6) is 0 Å². The highest BCUT2D eigenvalue weighted by Crippen LogP contribution is 2.17. The molecule has 6 heteroatoms. The average Bonchev–Trinajstić information content (AvgIpc) is 2.89. The van der Waals surface area contributed by atoms with Gasteiger partial charge in [0.25, 0.3) is 0 Å². The van der Waals surface area contributed by atoms with Gasteiger partial charge in [0, 0.05) is 34.3 Å². The van der Waals surface area contributed by atoms with Gasteiger partial charge in [-0.1, -0.05) is 23.0 Å². The Bertz CT molecular complexity index is 745. The number of aromatic nitrogens is 1. The van der Waals surface area contributed by atoms with Crippen LogP contribution in [0, 0.1) is 11.8 Å². The Hall–Kier alpha value is -2.90. The van der Waals surface area contributed by atoms with Crippen molar-refractivity contribution in [2.75, 3.05) is 13.7 Å². The Morgan fingerprint density at radius 2 is 2.35 bits per heavy atom. The third-order valence-corrected chi connectivity index (χ3v) is 2.66. The lowest BCUT2D eigenvalue weighted by Gasteiger charge is -1.93. The van der Waals surface area contributed by atoms with Gasteiger partial charge in [0.1, 0.15) is 5.69 Å². The van der Waals surface area contributed by atoms with Gasteiger partial charge in [0.15, 0.2) is 0 Å². The molecule has 0 saturated heterocycles. The van der Waals surface area contributed by atoms with Gasteiger partial charge in [-0.25, -0.2) is 4.79 Å². The molecule has 1 aromatic carbocycles. The number of hydrogen-bond donors (Lipinski definition) is 1. The van der Waals surface area contributed by atoms with Gasteiger partial charge in [-0.2, -0.15) is 0 Å². The van der Waals surface area contributed by atoms with Crippen LogP contribution in [0.15, 0.2) is 29.4 Å². The zero-order valence-electron chi connectivity index (χ0n) is 10.9. The van der Waals surface area contributed by atoms with Gasteiger partial charge in [-0.05, 0) is 23.7 Å². The second kappa shape index (κ2) is 6.32. The summed E-state index contributed by atoms with van der Waals surface area (Å²) >= 11 is 0. The molecule has 1 aromatic heterocycles. The van der Waals surface area contributed by atoms with E-state index in [-0.39, 0.29) is 0 Å². The summed E-state index contributed by atoms with van der Waals surface area (Å²) in [6.07, 6.45) is 0.514. The van der Waals surface area contributed by atoms with Gasteiger partial charge >= 0.3 is 5.97 Å². The van der Waals surface area contributed by atoms with Crippen LogP contribution >= 0.6 is 0 Å². The number of nitrogens with one attached hydrogen (secondary N) is 1. The van der Waals surface area contributed by atoms with E-state index >= 15 is 0 Å². The Morgan fingerprint density at radius 3 is 3.10 bits per heavy atom. The molecule has 0 bridgehead atoms. The standard InChI is InChI=1S/C14H12N4O2/c1-20-14(19)13-9-11-6-5-10(8-12(11)17-13)4-2-3-7-16-18-15/h5-6,8-9,17H,3,7H2,1H3. The molecular weight excluding hydrogens is 256 g/mol. The van der Waals surface area contributed by atoms with Crippen molar-refractivity contribution in [1.29, 1.82) is 0 Å². The van der Waals surface area contributed by atoms with Crippen LogP contribution in [0.25, 0.3) is 21.3 Å². The smallest absolute Gasteiger partial charge is 0.354 e. The van der Waals surface area contributed by atoms with Crippen LogP contribution in [0.2, 0.25) is 0 Å². The molecule has 0 spiro atoms. The molecule has 0 unspecified atom stereocenters. The van der Waals surface area contributed by atoms with E-state index in [9.17, 15) is 4.79 Å². The van der Waals surface area contributed by atoms with Crippen LogP contribution in [0.1, 0.15) is 22.5 Å². The summed E-state index contributed by atoms with van der Waals surface area (Å²) in [5.74, 6) is 5.50. The molecular formula is C14H12N4O2. The minimum absolute atomic E-state index is 0.362. The number of carbonyl (C=O) groups excluding carboxylic acids is 1. The second-order valence-electron chi connectivity index (χ2n) is 3.98. The van der Waals surface area contributed by atoms with E-state index in [1.807, 2.05) is 18.2 Å². The first-order valence-corrected chi connectivity index (χ1v) is 5.95. The fourth-order valence-corrected chi connectivity index (χ4v) is 1.74. The van der Waals surface area contributed by atoms with Crippen molar-refractivity contribution in [2.45, 2.75) is 6.42 Å². The Morgan fingerprint density at radius 1 is 1.50 bits per heavy atom. The second-order valence-corrected chi connectivity index (χ2v) is 3.98. The number of fused-ring (bicyclic) bond motifs is 1. The van der Waals surface area contributed by atoms with Crippen molar-refractivity contribution in [3.8, 4) is 11.8 Å². The molecule has 0 aliphatic rings. The Balaban J connectivity index is 2.20. The van der Waals surface area contributed by atoms with Gasteiger partial charge in [0.05, 0.1) is 7.11 Å². The van der Waals surface area contributed by atoms with Crippen molar-refractivity contribution < 1.29 is 9.53 Å². The van der Waals surface area contributed by atoms with E-state index in [0.29, 0.717) is 18.7 Å². The van der Waals surface area contributed by atoms with E-state index < -0.39 is 5.97 Å². The normalized spacial score (nSPS) is 9.45. The molecule has 100 valence electrons. The molecule has 0 atom stereocenters. The molecule has 0 aliphatic carbocycles. The van der Waals surface area contributed by atoms with Crippen LogP contribution < -0.4 is 0 Å². The molecule has 0 fully saturated rings. The minimum atomic E-state index is -0.400. The molecule has 0 aliphatic heterocycles. The maximum absolute atomic E-state index is 11.4. The molecule has 2 aromatic rings. The summed E-state index contributed by atoms with van der Waals surface area (Å²) in [4.78, 5) is 17.1. The summed E-state index contributed by atoms with van der Waals surface area (Å²) in [5, 5.41) is 4.33. The van der Waals surface area contributed by atoms with E-state index in [1.54, 1.807) is 6.07 Å². The number of aromatic amines is 1. The van der Waals surface area contributed by atoms with Gasteiger partial charge in [-0.3, -0.25) is 0 Å². The monoisotopic (exact) mass is 268 g/mol. The number of azide groups is 1. The zero-order valence-corrected chi connectivity index (χ0v) is 10.9. The molecule has 1 heterocycles. The van der Waals surface area contributed by atoms with Crippen molar-refractivity contribution in [3.63, 3.8) is 0 Å². The van der Waals surface area contributed by atoms with Gasteiger partial charge in [0.2, 0.25) is 0 Å². The number of methoxy groups -OCH3 is 1. The first kappa shape index (κ1) is 13.5. The maximum atomic E-state index is 11.4. The molecule has 0 saturated carbocycles. The topological polar surface area (TPSA) is 90.8 Å². The fraction of sp³-hybridized carbons (Fsp3) is 0.214. The molecule has 2 rings (SSSR count). The zero-order chi connectivity index (χ0) is 14.4. The van der Waals surface area contributed by atoms with Crippen molar-refractivity contribution in [2.24, 2.45) is 5.11 Å². The Labute approximate surface area is 115 Å². The van der Waals surface area contributed by atoms with Crippen LogP contribution in [-0.4, -0.2) is 24.6 Å². The highest BCUT2D eigenvalue weighted by atomic mass is 16.5. The van der Waals surface area contributed by atoms with E-state index in [0.717, 1.165) is 16.5 Å². The quantitative estimate of drug-likeness (QED) is 0.231. The molecule has 0 radical (unpaired) electrons. The van der Waals surface area contributed by atoms with E-state index in [2.05, 4.69) is 31.6 Å². The third-order valence-electron chi connectivity index (χ3n) is 2.66. The number of carbonyl (C=O) groups is 1. The van der Waals surface area contributed by atoms with Crippen molar-refractivity contribution >= 4 is 16.9 Å². The van der Waals surface area contributed by atoms with Crippen LogP contribution in [0.4, 0.5) is 0 Å². The minimum Gasteiger partial charge on any atom is -0.464 e. The third kappa shape index (κ3) is 3.10. The largest absolute Gasteiger partial charge is 0.464 e. The van der Waals surface area contributed by atoms with Crippen molar-refractivity contribution in [1.82, 2.24) is 4.98 Å². The van der Waals surface area contributed by atoms with Crippen LogP contribution in [-0.2, 0) is 4.74 Å². The lowest BCUT2D eigenvalue weighted by Crippen LogP contribution is -2.00. The molecule has 0 amide bonds. The molecule has 20 heavy (non-hydrogen) atoms. The molecule has 6 nitrogen and oxygen atoms in total. The summed E-state index contributed by atoms with van der Waals surface area (Å²) in [7, 11) is 1.34. The SMILES string of the molecule is COC(=O)c1cc2ccc(C#CCCN=[N+]=[N-])cc2[nH]1. The first-order chi connectivity index (χ1) is 9.74. The highest BCUT2D eigenvalue weighted by Gasteiger charge is 2.08. The van der Waals surface area contributed by atoms with Gasteiger partial charge in [-0.15, -0.1) is 0 Å². The first-order valence-electron chi connectivity index (χ1n) is 5.95. The predicted octanol–water partition coefficient (Wildman–Crippen LogP) is 3.01. The summed E-state index contributed by atoms with van der Waals surface area (Å²) in [6, 6.07) is 7.36. The summed E-state index contributed by atoms with van der Waals surface area (Å²) < 4.78 is 4.66. The Kier molecular flexibility index (Phi) is 4.28. The number of ether oxygens (including phenoxy) is 1. The number of rotatable bonds is 3. The van der Waals surface area contributed by atoms with Crippen LogP contribution in [0.3, 0.4) is 0 Å². The number of esters is 1.